The maximum atomic E-state index is 12.2. The summed E-state index contributed by atoms with van der Waals surface area (Å²) in [6.45, 7) is 7.40. The van der Waals surface area contributed by atoms with Crippen LogP contribution in [0, 0.1) is 27.7 Å². The van der Waals surface area contributed by atoms with Crippen molar-refractivity contribution in [3.05, 3.63) is 53.0 Å². The Morgan fingerprint density at radius 2 is 1.83 bits per heavy atom. The van der Waals surface area contributed by atoms with Crippen LogP contribution in [0.15, 0.2) is 28.9 Å². The topological polar surface area (TPSA) is 85.8 Å². The van der Waals surface area contributed by atoms with Gasteiger partial charge in [-0.05, 0) is 39.8 Å². The Balaban J connectivity index is 1.79. The third kappa shape index (κ3) is 2.98. The van der Waals surface area contributed by atoms with Crippen LogP contribution in [0.25, 0.3) is 5.95 Å². The molecule has 0 aromatic carbocycles. The van der Waals surface area contributed by atoms with Crippen LogP contribution in [0.5, 0.6) is 0 Å². The van der Waals surface area contributed by atoms with E-state index in [4.69, 9.17) is 4.42 Å². The van der Waals surface area contributed by atoms with Crippen molar-refractivity contribution in [1.29, 1.82) is 0 Å². The van der Waals surface area contributed by atoms with Crippen LogP contribution in [0.3, 0.4) is 0 Å². The van der Waals surface area contributed by atoms with E-state index in [-0.39, 0.29) is 5.91 Å². The summed E-state index contributed by atoms with van der Waals surface area (Å²) in [7, 11) is 0. The lowest BCUT2D eigenvalue weighted by Gasteiger charge is -2.05. The van der Waals surface area contributed by atoms with Crippen molar-refractivity contribution in [3.8, 4) is 5.95 Å². The fourth-order valence-electron chi connectivity index (χ4n) is 2.38. The van der Waals surface area contributed by atoms with E-state index >= 15 is 0 Å². The smallest absolute Gasteiger partial charge is 0.259 e. The molecule has 0 fully saturated rings. The number of furan rings is 1. The number of hydrogen-bond donors (Lipinski definition) is 1. The van der Waals surface area contributed by atoms with Gasteiger partial charge in [0.25, 0.3) is 11.9 Å². The number of aryl methyl sites for hydroxylation is 4. The van der Waals surface area contributed by atoms with Crippen molar-refractivity contribution >= 4 is 11.6 Å². The Morgan fingerprint density at radius 3 is 2.35 bits per heavy atom. The highest BCUT2D eigenvalue weighted by atomic mass is 16.3. The molecule has 0 saturated carbocycles. The first-order valence-corrected chi connectivity index (χ1v) is 7.18. The number of carbonyl (C=O) groups excluding carboxylic acids is 1. The van der Waals surface area contributed by atoms with E-state index in [1.54, 1.807) is 37.0 Å². The molecule has 0 bridgehead atoms. The molecule has 118 valence electrons. The van der Waals surface area contributed by atoms with Crippen molar-refractivity contribution in [2.75, 3.05) is 5.32 Å². The van der Waals surface area contributed by atoms with Crippen molar-refractivity contribution in [2.45, 2.75) is 27.7 Å². The fraction of sp³-hybridized carbons (Fsp3) is 0.250. The third-order valence-electron chi connectivity index (χ3n) is 3.38. The van der Waals surface area contributed by atoms with E-state index in [1.165, 1.54) is 0 Å². The van der Waals surface area contributed by atoms with E-state index in [9.17, 15) is 4.79 Å². The number of anilines is 1. The minimum Gasteiger partial charge on any atom is -0.466 e. The number of rotatable bonds is 3. The molecule has 7 heteroatoms. The van der Waals surface area contributed by atoms with Gasteiger partial charge in [0.1, 0.15) is 11.5 Å². The average Bonchev–Trinajstić information content (AvgIpc) is 3.01. The lowest BCUT2D eigenvalue weighted by Crippen LogP contribution is -2.13. The molecular weight excluding hydrogens is 294 g/mol. The zero-order chi connectivity index (χ0) is 16.6. The summed E-state index contributed by atoms with van der Waals surface area (Å²) >= 11 is 0. The van der Waals surface area contributed by atoms with E-state index in [0.29, 0.717) is 28.7 Å². The summed E-state index contributed by atoms with van der Waals surface area (Å²) in [6, 6.07) is 3.65. The molecular formula is C16H17N5O2. The molecule has 3 rings (SSSR count). The van der Waals surface area contributed by atoms with Crippen molar-refractivity contribution < 1.29 is 9.21 Å². The molecule has 0 aliphatic carbocycles. The van der Waals surface area contributed by atoms with Gasteiger partial charge in [-0.25, -0.2) is 14.6 Å². The Morgan fingerprint density at radius 1 is 1.13 bits per heavy atom. The van der Waals surface area contributed by atoms with Gasteiger partial charge < -0.3 is 9.73 Å². The Labute approximate surface area is 133 Å². The first-order chi connectivity index (χ1) is 10.9. The minimum atomic E-state index is -0.248. The van der Waals surface area contributed by atoms with Gasteiger partial charge in [-0.15, -0.1) is 0 Å². The highest BCUT2D eigenvalue weighted by Gasteiger charge is 2.14. The molecule has 0 aliphatic rings. The number of nitrogens with one attached hydrogen (secondary N) is 1. The lowest BCUT2D eigenvalue weighted by atomic mass is 10.2. The summed E-state index contributed by atoms with van der Waals surface area (Å²) in [5, 5.41) is 7.08. The van der Waals surface area contributed by atoms with Gasteiger partial charge in [-0.2, -0.15) is 5.10 Å². The van der Waals surface area contributed by atoms with Crippen LogP contribution < -0.4 is 5.32 Å². The van der Waals surface area contributed by atoms with Gasteiger partial charge in [0.05, 0.1) is 29.3 Å². The van der Waals surface area contributed by atoms with Crippen molar-refractivity contribution in [2.24, 2.45) is 0 Å². The van der Waals surface area contributed by atoms with Crippen LogP contribution in [0.4, 0.5) is 5.69 Å². The Kier molecular flexibility index (Phi) is 3.69. The maximum absolute atomic E-state index is 12.2. The molecule has 7 nitrogen and oxygen atoms in total. The number of hydrogen-bond acceptors (Lipinski definition) is 5. The van der Waals surface area contributed by atoms with E-state index < -0.39 is 0 Å². The summed E-state index contributed by atoms with van der Waals surface area (Å²) < 4.78 is 7.02. The van der Waals surface area contributed by atoms with Crippen LogP contribution in [-0.4, -0.2) is 25.7 Å². The van der Waals surface area contributed by atoms with Crippen LogP contribution in [0.2, 0.25) is 0 Å². The highest BCUT2D eigenvalue weighted by Crippen LogP contribution is 2.16. The summed E-state index contributed by atoms with van der Waals surface area (Å²) in [4.78, 5) is 20.7. The Hall–Kier alpha value is -2.96. The SMILES string of the molecule is Cc1cc(C)n(-c2ncc(NC(=O)c3cc(C)oc3C)cn2)n1. The standard InChI is InChI=1S/C16H17N5O2/c1-9-5-10(2)21(20-9)16-17-7-13(8-18-16)19-15(22)14-6-11(3)23-12(14)4/h5-8H,1-4H3,(H,19,22). The predicted octanol–water partition coefficient (Wildman–Crippen LogP) is 2.74. The molecule has 1 N–H and O–H groups in total. The second-order valence-electron chi connectivity index (χ2n) is 5.39. The fourth-order valence-corrected chi connectivity index (χ4v) is 2.38. The van der Waals surface area contributed by atoms with Gasteiger partial charge in [-0.1, -0.05) is 0 Å². The first kappa shape index (κ1) is 15.0. The molecule has 3 aromatic rings. The molecule has 3 heterocycles. The largest absolute Gasteiger partial charge is 0.466 e. The molecule has 0 atom stereocenters. The molecule has 0 saturated heterocycles. The molecule has 0 unspecified atom stereocenters. The van der Waals surface area contributed by atoms with Crippen LogP contribution in [0.1, 0.15) is 33.3 Å². The van der Waals surface area contributed by atoms with Gasteiger partial charge in [0.15, 0.2) is 0 Å². The molecule has 0 spiro atoms. The Bertz CT molecular complexity index is 861. The van der Waals surface area contributed by atoms with Gasteiger partial charge in [0, 0.05) is 5.69 Å². The van der Waals surface area contributed by atoms with E-state index in [1.807, 2.05) is 19.9 Å². The van der Waals surface area contributed by atoms with E-state index in [2.05, 4.69) is 20.4 Å². The molecule has 23 heavy (non-hydrogen) atoms. The number of aromatic nitrogens is 4. The van der Waals surface area contributed by atoms with Gasteiger partial charge in [0.2, 0.25) is 0 Å². The van der Waals surface area contributed by atoms with Gasteiger partial charge >= 0.3 is 0 Å². The number of nitrogens with zero attached hydrogens (tertiary/aromatic N) is 4. The summed E-state index contributed by atoms with van der Waals surface area (Å²) in [5.74, 6) is 1.50. The normalized spacial score (nSPS) is 10.8. The first-order valence-electron chi connectivity index (χ1n) is 7.18. The third-order valence-corrected chi connectivity index (χ3v) is 3.38. The quantitative estimate of drug-likeness (QED) is 0.803. The van der Waals surface area contributed by atoms with Crippen molar-refractivity contribution in [1.82, 2.24) is 19.7 Å². The zero-order valence-corrected chi connectivity index (χ0v) is 13.4. The molecule has 1 amide bonds. The minimum absolute atomic E-state index is 0.248. The highest BCUT2D eigenvalue weighted by molar-refractivity contribution is 6.04. The average molecular weight is 311 g/mol. The molecule has 3 aromatic heterocycles. The number of amides is 1. The summed E-state index contributed by atoms with van der Waals surface area (Å²) in [5.41, 5.74) is 2.86. The van der Waals surface area contributed by atoms with E-state index in [0.717, 1.165) is 11.4 Å². The predicted molar refractivity (Wildman–Crippen MR) is 84.8 cm³/mol. The second-order valence-corrected chi connectivity index (χ2v) is 5.39. The number of carbonyl (C=O) groups is 1. The van der Waals surface area contributed by atoms with Crippen molar-refractivity contribution in [3.63, 3.8) is 0 Å². The van der Waals surface area contributed by atoms with Crippen LogP contribution >= 0.6 is 0 Å². The maximum Gasteiger partial charge on any atom is 0.259 e. The monoisotopic (exact) mass is 311 g/mol. The second kappa shape index (κ2) is 5.68. The lowest BCUT2D eigenvalue weighted by molar-refractivity contribution is 0.102. The van der Waals surface area contributed by atoms with Gasteiger partial charge in [-0.3, -0.25) is 4.79 Å². The van der Waals surface area contributed by atoms with Crippen LogP contribution in [-0.2, 0) is 0 Å². The molecule has 0 radical (unpaired) electrons. The zero-order valence-electron chi connectivity index (χ0n) is 13.4. The molecule has 0 aliphatic heterocycles. The summed E-state index contributed by atoms with van der Waals surface area (Å²) in [6.07, 6.45) is 3.11.